The molecule has 2 aromatic carbocycles. The van der Waals surface area contributed by atoms with Gasteiger partial charge in [0.25, 0.3) is 0 Å². The lowest BCUT2D eigenvalue weighted by Gasteiger charge is -2.21. The average Bonchev–Trinajstić information content (AvgIpc) is 2.48. The first kappa shape index (κ1) is 13.5. The fraction of sp³-hybridized carbons (Fsp3) is 0.294. The number of hydrogen-bond acceptors (Lipinski definition) is 2. The highest BCUT2D eigenvalue weighted by molar-refractivity contribution is 5.50. The topological polar surface area (TPSA) is 12.5 Å². The van der Waals surface area contributed by atoms with Gasteiger partial charge in [0, 0.05) is 24.8 Å². The summed E-state index contributed by atoms with van der Waals surface area (Å²) in [5.41, 5.74) is 2.41. The Kier molecular flexibility index (Phi) is 4.85. The molecule has 0 heterocycles. The second-order valence-electron chi connectivity index (χ2n) is 4.44. The molecule has 100 valence electrons. The highest BCUT2D eigenvalue weighted by atomic mass is 16.5. The van der Waals surface area contributed by atoms with Crippen LogP contribution < -0.4 is 9.64 Å². The molecule has 0 spiro atoms. The number of nitrogens with zero attached hydrogens (tertiary/aromatic N) is 1. The lowest BCUT2D eigenvalue weighted by atomic mass is 10.2. The SMILES string of the molecule is CCN(CC)c1cccc(OCc2ccccc2)c1. The number of hydrogen-bond donors (Lipinski definition) is 0. The Hall–Kier alpha value is -1.96. The smallest absolute Gasteiger partial charge is 0.121 e. The van der Waals surface area contributed by atoms with Crippen LogP contribution in [0, 0.1) is 0 Å². The Labute approximate surface area is 115 Å². The van der Waals surface area contributed by atoms with Gasteiger partial charge >= 0.3 is 0 Å². The summed E-state index contributed by atoms with van der Waals surface area (Å²) in [4.78, 5) is 2.31. The molecule has 0 radical (unpaired) electrons. The standard InChI is InChI=1S/C17H21NO/c1-3-18(4-2)16-11-8-12-17(13-16)19-14-15-9-6-5-7-10-15/h5-13H,3-4,14H2,1-2H3. The minimum atomic E-state index is 0.614. The van der Waals surface area contributed by atoms with Gasteiger partial charge in [-0.15, -0.1) is 0 Å². The van der Waals surface area contributed by atoms with E-state index >= 15 is 0 Å². The predicted octanol–water partition coefficient (Wildman–Crippen LogP) is 4.11. The van der Waals surface area contributed by atoms with Crippen molar-refractivity contribution in [2.24, 2.45) is 0 Å². The van der Waals surface area contributed by atoms with Gasteiger partial charge in [-0.2, -0.15) is 0 Å². The molecule has 0 saturated carbocycles. The second kappa shape index (κ2) is 6.83. The molecule has 0 unspecified atom stereocenters. The van der Waals surface area contributed by atoms with Crippen molar-refractivity contribution >= 4 is 5.69 Å². The third-order valence-electron chi connectivity index (χ3n) is 3.19. The highest BCUT2D eigenvalue weighted by Crippen LogP contribution is 2.21. The minimum absolute atomic E-state index is 0.614. The molecule has 0 aliphatic heterocycles. The molecule has 2 nitrogen and oxygen atoms in total. The van der Waals surface area contributed by atoms with Gasteiger partial charge in [-0.1, -0.05) is 36.4 Å². The third-order valence-corrected chi connectivity index (χ3v) is 3.19. The largest absolute Gasteiger partial charge is 0.489 e. The minimum Gasteiger partial charge on any atom is -0.489 e. The van der Waals surface area contributed by atoms with Crippen molar-refractivity contribution < 1.29 is 4.74 Å². The van der Waals surface area contributed by atoms with Gasteiger partial charge in [0.1, 0.15) is 12.4 Å². The average molecular weight is 255 g/mol. The first-order valence-electron chi connectivity index (χ1n) is 6.85. The summed E-state index contributed by atoms with van der Waals surface area (Å²) in [6.45, 7) is 6.97. The third kappa shape index (κ3) is 3.75. The lowest BCUT2D eigenvalue weighted by Crippen LogP contribution is -2.21. The molecule has 0 aromatic heterocycles. The van der Waals surface area contributed by atoms with Crippen LogP contribution in [-0.4, -0.2) is 13.1 Å². The Bertz CT molecular complexity index is 492. The van der Waals surface area contributed by atoms with E-state index in [9.17, 15) is 0 Å². The van der Waals surface area contributed by atoms with Crippen molar-refractivity contribution in [2.75, 3.05) is 18.0 Å². The molecule has 0 amide bonds. The van der Waals surface area contributed by atoms with E-state index < -0.39 is 0 Å². The molecule has 19 heavy (non-hydrogen) atoms. The summed E-state index contributed by atoms with van der Waals surface area (Å²) in [6, 6.07) is 18.5. The molecule has 0 aliphatic carbocycles. The van der Waals surface area contributed by atoms with Crippen LogP contribution in [0.5, 0.6) is 5.75 Å². The van der Waals surface area contributed by atoms with Crippen molar-refractivity contribution in [1.82, 2.24) is 0 Å². The summed E-state index contributed by atoms with van der Waals surface area (Å²) < 4.78 is 5.85. The molecular formula is C17H21NO. The van der Waals surface area contributed by atoms with Crippen molar-refractivity contribution in [1.29, 1.82) is 0 Å². The van der Waals surface area contributed by atoms with Gasteiger partial charge in [-0.25, -0.2) is 0 Å². The van der Waals surface area contributed by atoms with Crippen molar-refractivity contribution in [2.45, 2.75) is 20.5 Å². The lowest BCUT2D eigenvalue weighted by molar-refractivity contribution is 0.306. The van der Waals surface area contributed by atoms with Crippen LogP contribution in [0.4, 0.5) is 5.69 Å². The van der Waals surface area contributed by atoms with Gasteiger partial charge in [-0.3, -0.25) is 0 Å². The maximum atomic E-state index is 5.85. The summed E-state index contributed by atoms with van der Waals surface area (Å²) in [6.07, 6.45) is 0. The van der Waals surface area contributed by atoms with Crippen LogP contribution in [0.2, 0.25) is 0 Å². The van der Waals surface area contributed by atoms with E-state index in [0.29, 0.717) is 6.61 Å². The zero-order chi connectivity index (χ0) is 13.5. The van der Waals surface area contributed by atoms with Crippen molar-refractivity contribution in [3.8, 4) is 5.75 Å². The molecule has 2 heteroatoms. The number of benzene rings is 2. The van der Waals surface area contributed by atoms with E-state index in [1.54, 1.807) is 0 Å². The van der Waals surface area contributed by atoms with Crippen LogP contribution >= 0.6 is 0 Å². The fourth-order valence-corrected chi connectivity index (χ4v) is 2.10. The van der Waals surface area contributed by atoms with E-state index in [-0.39, 0.29) is 0 Å². The van der Waals surface area contributed by atoms with Crippen LogP contribution in [0.15, 0.2) is 54.6 Å². The first-order valence-corrected chi connectivity index (χ1v) is 6.85. The summed E-state index contributed by atoms with van der Waals surface area (Å²) >= 11 is 0. The normalized spacial score (nSPS) is 10.2. The zero-order valence-electron chi connectivity index (χ0n) is 11.7. The molecule has 0 aliphatic rings. The van der Waals surface area contributed by atoms with E-state index in [4.69, 9.17) is 4.74 Å². The molecule has 0 atom stereocenters. The number of anilines is 1. The fourth-order valence-electron chi connectivity index (χ4n) is 2.10. The van der Waals surface area contributed by atoms with Gasteiger partial charge in [0.05, 0.1) is 0 Å². The zero-order valence-corrected chi connectivity index (χ0v) is 11.7. The Morgan fingerprint density at radius 1 is 0.895 bits per heavy atom. The van der Waals surface area contributed by atoms with Gasteiger partial charge < -0.3 is 9.64 Å². The molecule has 2 rings (SSSR count). The number of ether oxygens (including phenoxy) is 1. The van der Waals surface area contributed by atoms with E-state index in [0.717, 1.165) is 18.8 Å². The Morgan fingerprint density at radius 3 is 2.32 bits per heavy atom. The van der Waals surface area contributed by atoms with E-state index in [1.807, 2.05) is 30.3 Å². The molecule has 0 fully saturated rings. The van der Waals surface area contributed by atoms with Gasteiger partial charge in [0.2, 0.25) is 0 Å². The predicted molar refractivity (Wildman–Crippen MR) is 80.8 cm³/mol. The highest BCUT2D eigenvalue weighted by Gasteiger charge is 2.03. The Balaban J connectivity index is 2.03. The van der Waals surface area contributed by atoms with Crippen LogP contribution in [0.1, 0.15) is 19.4 Å². The maximum Gasteiger partial charge on any atom is 0.121 e. The number of rotatable bonds is 6. The summed E-state index contributed by atoms with van der Waals surface area (Å²) in [7, 11) is 0. The quantitative estimate of drug-likeness (QED) is 0.770. The maximum absolute atomic E-state index is 5.85. The van der Waals surface area contributed by atoms with Crippen molar-refractivity contribution in [3.63, 3.8) is 0 Å². The molecule has 2 aromatic rings. The first-order chi connectivity index (χ1) is 9.33. The summed E-state index contributed by atoms with van der Waals surface area (Å²) in [5, 5.41) is 0. The van der Waals surface area contributed by atoms with Crippen LogP contribution in [0.25, 0.3) is 0 Å². The van der Waals surface area contributed by atoms with E-state index in [2.05, 4.69) is 43.0 Å². The molecule has 0 bridgehead atoms. The molecule has 0 N–H and O–H groups in total. The molecular weight excluding hydrogens is 234 g/mol. The van der Waals surface area contributed by atoms with Gasteiger partial charge in [0.15, 0.2) is 0 Å². The summed E-state index contributed by atoms with van der Waals surface area (Å²) in [5.74, 6) is 0.924. The van der Waals surface area contributed by atoms with Crippen LogP contribution in [0.3, 0.4) is 0 Å². The van der Waals surface area contributed by atoms with E-state index in [1.165, 1.54) is 11.3 Å². The van der Waals surface area contributed by atoms with Crippen LogP contribution in [-0.2, 0) is 6.61 Å². The van der Waals surface area contributed by atoms with Crippen molar-refractivity contribution in [3.05, 3.63) is 60.2 Å². The Morgan fingerprint density at radius 2 is 1.63 bits per heavy atom. The monoisotopic (exact) mass is 255 g/mol. The van der Waals surface area contributed by atoms with Gasteiger partial charge in [-0.05, 0) is 31.5 Å². The molecule has 0 saturated heterocycles. The second-order valence-corrected chi connectivity index (χ2v) is 4.44.